The lowest BCUT2D eigenvalue weighted by atomic mass is 9.94. The zero-order valence-electron chi connectivity index (χ0n) is 17.0. The number of aliphatic hydroxyl groups is 1. The summed E-state index contributed by atoms with van der Waals surface area (Å²) >= 11 is 12.1. The first kappa shape index (κ1) is 23.3. The SMILES string of the molecule is CCCNC(=O)C[C@H]1CC[C@H]2[C@@H](COC[C@H](O)CN2C(=O)c2cc(Cl)cc(Cl)c2)O1. The van der Waals surface area contributed by atoms with Crippen LogP contribution in [0.1, 0.15) is 43.0 Å². The number of nitrogens with one attached hydrogen (secondary N) is 1. The van der Waals surface area contributed by atoms with E-state index in [2.05, 4.69) is 5.32 Å². The van der Waals surface area contributed by atoms with E-state index in [1.54, 1.807) is 23.1 Å². The van der Waals surface area contributed by atoms with E-state index >= 15 is 0 Å². The number of halogens is 2. The maximum absolute atomic E-state index is 13.3. The highest BCUT2D eigenvalue weighted by molar-refractivity contribution is 6.35. The van der Waals surface area contributed by atoms with Gasteiger partial charge in [-0.05, 0) is 37.5 Å². The molecule has 9 heteroatoms. The molecule has 2 amide bonds. The van der Waals surface area contributed by atoms with Gasteiger partial charge in [0.25, 0.3) is 5.91 Å². The first-order valence-electron chi connectivity index (χ1n) is 10.3. The number of carbonyl (C=O) groups excluding carboxylic acids is 2. The molecule has 0 saturated carbocycles. The van der Waals surface area contributed by atoms with Crippen LogP contribution in [0.3, 0.4) is 0 Å². The zero-order valence-corrected chi connectivity index (χ0v) is 18.5. The van der Waals surface area contributed by atoms with Crippen molar-refractivity contribution in [1.29, 1.82) is 0 Å². The molecule has 2 heterocycles. The summed E-state index contributed by atoms with van der Waals surface area (Å²) in [5.74, 6) is -0.304. The third kappa shape index (κ3) is 6.08. The van der Waals surface area contributed by atoms with Crippen molar-refractivity contribution in [3.63, 3.8) is 0 Å². The van der Waals surface area contributed by atoms with Gasteiger partial charge in [-0.25, -0.2) is 0 Å². The molecule has 2 aliphatic rings. The molecule has 2 fully saturated rings. The highest BCUT2D eigenvalue weighted by atomic mass is 35.5. The molecular formula is C21H28Cl2N2O5. The predicted octanol–water partition coefficient (Wildman–Crippen LogP) is 2.66. The molecule has 3 rings (SSSR count). The fourth-order valence-electron chi connectivity index (χ4n) is 3.96. The molecule has 0 bridgehead atoms. The van der Waals surface area contributed by atoms with Crippen LogP contribution in [-0.2, 0) is 14.3 Å². The van der Waals surface area contributed by atoms with E-state index in [0.717, 1.165) is 6.42 Å². The van der Waals surface area contributed by atoms with E-state index in [0.29, 0.717) is 35.0 Å². The minimum absolute atomic E-state index is 0.0380. The Bertz CT molecular complexity index is 743. The molecule has 1 aromatic rings. The van der Waals surface area contributed by atoms with Gasteiger partial charge in [-0.15, -0.1) is 0 Å². The zero-order chi connectivity index (χ0) is 21.7. The number of hydrogen-bond acceptors (Lipinski definition) is 5. The van der Waals surface area contributed by atoms with Crippen molar-refractivity contribution in [1.82, 2.24) is 10.2 Å². The number of carbonyl (C=O) groups is 2. The molecule has 0 spiro atoms. The molecule has 7 nitrogen and oxygen atoms in total. The van der Waals surface area contributed by atoms with Crippen molar-refractivity contribution >= 4 is 35.0 Å². The van der Waals surface area contributed by atoms with Crippen LogP contribution in [-0.4, -0.2) is 72.5 Å². The Morgan fingerprint density at radius 2 is 1.93 bits per heavy atom. The number of fused-ring (bicyclic) bond motifs is 1. The third-order valence-corrected chi connectivity index (χ3v) is 5.77. The van der Waals surface area contributed by atoms with Crippen LogP contribution in [0.2, 0.25) is 10.0 Å². The van der Waals surface area contributed by atoms with Crippen molar-refractivity contribution in [2.24, 2.45) is 0 Å². The number of amides is 2. The fraction of sp³-hybridized carbons (Fsp3) is 0.619. The van der Waals surface area contributed by atoms with Gasteiger partial charge in [0.15, 0.2) is 0 Å². The van der Waals surface area contributed by atoms with E-state index in [9.17, 15) is 14.7 Å². The molecule has 0 unspecified atom stereocenters. The molecule has 2 aliphatic heterocycles. The standard InChI is InChI=1S/C21H28Cl2N2O5/c1-2-5-24-20(27)9-17-3-4-18-19(30-17)12-29-11-16(26)10-25(18)21(28)13-6-14(22)8-15(23)7-13/h6-8,16-19,26H,2-5,9-12H2,1H3,(H,24,27)/t16-,17-,18+,19-/m1/s1. The smallest absolute Gasteiger partial charge is 0.254 e. The third-order valence-electron chi connectivity index (χ3n) is 5.34. The molecule has 2 saturated heterocycles. The van der Waals surface area contributed by atoms with Crippen molar-refractivity contribution in [2.75, 3.05) is 26.3 Å². The summed E-state index contributed by atoms with van der Waals surface area (Å²) < 4.78 is 11.8. The molecule has 30 heavy (non-hydrogen) atoms. The molecule has 0 radical (unpaired) electrons. The van der Waals surface area contributed by atoms with Crippen LogP contribution in [0.4, 0.5) is 0 Å². The Morgan fingerprint density at radius 1 is 1.20 bits per heavy atom. The van der Waals surface area contributed by atoms with Crippen LogP contribution in [0.5, 0.6) is 0 Å². The lowest BCUT2D eigenvalue weighted by Gasteiger charge is -2.44. The van der Waals surface area contributed by atoms with Gasteiger partial charge in [-0.1, -0.05) is 30.1 Å². The molecule has 2 N–H and O–H groups in total. The van der Waals surface area contributed by atoms with Gasteiger partial charge in [0.2, 0.25) is 5.91 Å². The Labute approximate surface area is 186 Å². The minimum Gasteiger partial charge on any atom is -0.389 e. The van der Waals surface area contributed by atoms with Crippen LogP contribution < -0.4 is 5.32 Å². The van der Waals surface area contributed by atoms with Crippen molar-refractivity contribution in [2.45, 2.75) is 57.0 Å². The number of benzene rings is 1. The van der Waals surface area contributed by atoms with E-state index in [1.165, 1.54) is 0 Å². The Morgan fingerprint density at radius 3 is 2.63 bits per heavy atom. The van der Waals surface area contributed by atoms with E-state index < -0.39 is 6.10 Å². The van der Waals surface area contributed by atoms with Crippen molar-refractivity contribution < 1.29 is 24.2 Å². The number of β-amino-alcohol motifs (C(OH)–C–C–N with tert-alkyl or cyclic N) is 1. The number of rotatable bonds is 5. The average molecular weight is 459 g/mol. The highest BCUT2D eigenvalue weighted by Gasteiger charge is 2.40. The number of aliphatic hydroxyl groups excluding tert-OH is 1. The number of nitrogens with zero attached hydrogens (tertiary/aromatic N) is 1. The topological polar surface area (TPSA) is 88.1 Å². The molecular weight excluding hydrogens is 431 g/mol. The summed E-state index contributed by atoms with van der Waals surface area (Å²) in [6.45, 7) is 3.11. The first-order valence-corrected chi connectivity index (χ1v) is 11.1. The lowest BCUT2D eigenvalue weighted by Crippen LogP contribution is -2.57. The first-order chi connectivity index (χ1) is 14.4. The molecule has 0 aromatic heterocycles. The van der Waals surface area contributed by atoms with Gasteiger partial charge in [0.1, 0.15) is 6.10 Å². The maximum Gasteiger partial charge on any atom is 0.254 e. The quantitative estimate of drug-likeness (QED) is 0.707. The summed E-state index contributed by atoms with van der Waals surface area (Å²) in [7, 11) is 0. The van der Waals surface area contributed by atoms with Crippen LogP contribution in [0, 0.1) is 0 Å². The van der Waals surface area contributed by atoms with E-state index in [-0.39, 0.29) is 56.2 Å². The van der Waals surface area contributed by atoms with Crippen molar-refractivity contribution in [3.8, 4) is 0 Å². The van der Waals surface area contributed by atoms with E-state index in [1.807, 2.05) is 6.92 Å². The van der Waals surface area contributed by atoms with Gasteiger partial charge < -0.3 is 24.8 Å². The van der Waals surface area contributed by atoms with Crippen LogP contribution in [0.25, 0.3) is 0 Å². The Kier molecular flexibility index (Phi) is 8.36. The number of hydrogen-bond donors (Lipinski definition) is 2. The molecule has 4 atom stereocenters. The summed E-state index contributed by atoms with van der Waals surface area (Å²) in [6.07, 6.45) is 1.03. The largest absolute Gasteiger partial charge is 0.389 e. The average Bonchev–Trinajstić information content (AvgIpc) is 2.68. The van der Waals surface area contributed by atoms with Gasteiger partial charge in [-0.2, -0.15) is 0 Å². The number of ether oxygens (including phenoxy) is 2. The monoisotopic (exact) mass is 458 g/mol. The van der Waals surface area contributed by atoms with Crippen LogP contribution >= 0.6 is 23.2 Å². The summed E-state index contributed by atoms with van der Waals surface area (Å²) in [5, 5.41) is 13.9. The summed E-state index contributed by atoms with van der Waals surface area (Å²) in [4.78, 5) is 27.0. The predicted molar refractivity (Wildman–Crippen MR) is 114 cm³/mol. The van der Waals surface area contributed by atoms with Gasteiger partial charge >= 0.3 is 0 Å². The Hall–Kier alpha value is -1.38. The summed E-state index contributed by atoms with van der Waals surface area (Å²) in [6, 6.07) is 4.42. The van der Waals surface area contributed by atoms with Gasteiger partial charge in [0.05, 0.1) is 37.9 Å². The van der Waals surface area contributed by atoms with E-state index in [4.69, 9.17) is 32.7 Å². The maximum atomic E-state index is 13.3. The Balaban J connectivity index is 1.75. The molecule has 1 aromatic carbocycles. The van der Waals surface area contributed by atoms with Crippen molar-refractivity contribution in [3.05, 3.63) is 33.8 Å². The summed E-state index contributed by atoms with van der Waals surface area (Å²) in [5.41, 5.74) is 0.362. The second-order valence-corrected chi connectivity index (χ2v) is 8.68. The lowest BCUT2D eigenvalue weighted by molar-refractivity contribution is -0.150. The second kappa shape index (κ2) is 10.8. The highest BCUT2D eigenvalue weighted by Crippen LogP contribution is 2.29. The minimum atomic E-state index is -0.804. The van der Waals surface area contributed by atoms with Gasteiger partial charge in [-0.3, -0.25) is 9.59 Å². The second-order valence-electron chi connectivity index (χ2n) is 7.80. The fourth-order valence-corrected chi connectivity index (χ4v) is 4.49. The molecule has 0 aliphatic carbocycles. The molecule has 166 valence electrons. The van der Waals surface area contributed by atoms with Gasteiger partial charge in [0, 0.05) is 28.7 Å². The van der Waals surface area contributed by atoms with Crippen LogP contribution in [0.15, 0.2) is 18.2 Å². The normalized spacial score (nSPS) is 27.0.